The Morgan fingerprint density at radius 2 is 1.59 bits per heavy atom. The Hall–Kier alpha value is -2.20. The molecule has 4 heteroatoms. The summed E-state index contributed by atoms with van der Waals surface area (Å²) in [7, 11) is 0. The predicted molar refractivity (Wildman–Crippen MR) is 90.3 cm³/mol. The number of ketones is 1. The molecule has 0 N–H and O–H groups in total. The van der Waals surface area contributed by atoms with Crippen LogP contribution in [0.4, 0.5) is 0 Å². The molecule has 0 bridgehead atoms. The standard InChI is InChI=1S/C18H15BrO3/c19-12-13-22-18(21)16-9-7-15(8-10-16)17(20)11-6-14-4-2-1-3-5-14/h1-11H,12-13H2. The van der Waals surface area contributed by atoms with E-state index in [1.165, 1.54) is 6.08 Å². The topological polar surface area (TPSA) is 43.4 Å². The third-order valence-electron chi connectivity index (χ3n) is 2.94. The highest BCUT2D eigenvalue weighted by Crippen LogP contribution is 2.09. The van der Waals surface area contributed by atoms with Crippen LogP contribution in [0.25, 0.3) is 6.08 Å². The second kappa shape index (κ2) is 8.29. The molecule has 2 aromatic rings. The van der Waals surface area contributed by atoms with E-state index >= 15 is 0 Å². The minimum Gasteiger partial charge on any atom is -0.461 e. The number of carbonyl (C=O) groups is 2. The largest absolute Gasteiger partial charge is 0.461 e. The second-order valence-corrected chi connectivity index (χ2v) is 5.30. The summed E-state index contributed by atoms with van der Waals surface area (Å²) in [4.78, 5) is 23.7. The molecule has 2 rings (SSSR count). The fraction of sp³-hybridized carbons (Fsp3) is 0.111. The molecule has 0 aliphatic carbocycles. The number of hydrogen-bond donors (Lipinski definition) is 0. The molecule has 0 aromatic heterocycles. The average Bonchev–Trinajstić information content (AvgIpc) is 2.58. The van der Waals surface area contributed by atoms with Crippen molar-refractivity contribution in [1.82, 2.24) is 0 Å². The Labute approximate surface area is 137 Å². The summed E-state index contributed by atoms with van der Waals surface area (Å²) < 4.78 is 5.00. The molecule has 0 atom stereocenters. The molecular weight excluding hydrogens is 344 g/mol. The van der Waals surface area contributed by atoms with Gasteiger partial charge in [-0.3, -0.25) is 4.79 Å². The highest BCUT2D eigenvalue weighted by molar-refractivity contribution is 9.09. The van der Waals surface area contributed by atoms with Crippen LogP contribution in [-0.4, -0.2) is 23.7 Å². The van der Waals surface area contributed by atoms with Gasteiger partial charge in [0.1, 0.15) is 6.61 Å². The molecule has 0 aliphatic heterocycles. The lowest BCUT2D eigenvalue weighted by Crippen LogP contribution is -2.07. The molecule has 2 aromatic carbocycles. The summed E-state index contributed by atoms with van der Waals surface area (Å²) in [6, 6.07) is 16.0. The molecule has 0 heterocycles. The van der Waals surface area contributed by atoms with Crippen LogP contribution < -0.4 is 0 Å². The van der Waals surface area contributed by atoms with Gasteiger partial charge in [-0.15, -0.1) is 0 Å². The van der Waals surface area contributed by atoms with Crippen molar-refractivity contribution in [3.63, 3.8) is 0 Å². The first kappa shape index (κ1) is 16.2. The molecule has 0 amide bonds. The van der Waals surface area contributed by atoms with Crippen molar-refractivity contribution in [2.45, 2.75) is 0 Å². The van der Waals surface area contributed by atoms with E-state index < -0.39 is 5.97 Å². The maximum atomic E-state index is 12.1. The van der Waals surface area contributed by atoms with Gasteiger partial charge >= 0.3 is 5.97 Å². The van der Waals surface area contributed by atoms with Gasteiger partial charge in [-0.2, -0.15) is 0 Å². The zero-order chi connectivity index (χ0) is 15.8. The van der Waals surface area contributed by atoms with Crippen molar-refractivity contribution in [3.8, 4) is 0 Å². The van der Waals surface area contributed by atoms with Gasteiger partial charge in [0.15, 0.2) is 5.78 Å². The molecule has 112 valence electrons. The van der Waals surface area contributed by atoms with Crippen molar-refractivity contribution in [3.05, 3.63) is 77.4 Å². The number of rotatable bonds is 6. The normalized spacial score (nSPS) is 10.6. The molecule has 0 fully saturated rings. The van der Waals surface area contributed by atoms with E-state index in [4.69, 9.17) is 4.74 Å². The Morgan fingerprint density at radius 1 is 0.955 bits per heavy atom. The van der Waals surface area contributed by atoms with E-state index in [9.17, 15) is 9.59 Å². The molecule has 0 radical (unpaired) electrons. The summed E-state index contributed by atoms with van der Waals surface area (Å²) in [6.45, 7) is 0.319. The summed E-state index contributed by atoms with van der Waals surface area (Å²) in [6.07, 6.45) is 3.29. The molecular formula is C18H15BrO3. The molecule has 0 unspecified atom stereocenters. The maximum absolute atomic E-state index is 12.1. The maximum Gasteiger partial charge on any atom is 0.338 e. The van der Waals surface area contributed by atoms with Crippen LogP contribution >= 0.6 is 15.9 Å². The highest BCUT2D eigenvalue weighted by atomic mass is 79.9. The number of halogens is 1. The minimum absolute atomic E-state index is 0.107. The van der Waals surface area contributed by atoms with Gasteiger partial charge in [-0.25, -0.2) is 4.79 Å². The fourth-order valence-electron chi connectivity index (χ4n) is 1.82. The van der Waals surface area contributed by atoms with E-state index in [0.717, 1.165) is 5.56 Å². The number of allylic oxidation sites excluding steroid dienone is 1. The summed E-state index contributed by atoms with van der Waals surface area (Å²) in [5, 5.41) is 0.597. The van der Waals surface area contributed by atoms with Gasteiger partial charge in [-0.05, 0) is 23.8 Å². The third-order valence-corrected chi connectivity index (χ3v) is 3.27. The summed E-state index contributed by atoms with van der Waals surface area (Å²) in [5.41, 5.74) is 1.93. The van der Waals surface area contributed by atoms with E-state index in [1.54, 1.807) is 30.3 Å². The van der Waals surface area contributed by atoms with Crippen LogP contribution in [0.5, 0.6) is 0 Å². The quantitative estimate of drug-likeness (QED) is 0.337. The number of ether oxygens (including phenoxy) is 1. The zero-order valence-corrected chi connectivity index (χ0v) is 13.5. The van der Waals surface area contributed by atoms with Crippen LogP contribution in [0.2, 0.25) is 0 Å². The van der Waals surface area contributed by atoms with Gasteiger partial charge in [0, 0.05) is 10.9 Å². The Kier molecular flexibility index (Phi) is 6.10. The molecule has 0 spiro atoms. The van der Waals surface area contributed by atoms with E-state index in [0.29, 0.717) is 23.1 Å². The molecule has 0 aliphatic rings. The number of benzene rings is 2. The fourth-order valence-corrected chi connectivity index (χ4v) is 1.98. The minimum atomic E-state index is -0.390. The summed E-state index contributed by atoms with van der Waals surface area (Å²) in [5.74, 6) is -0.498. The Morgan fingerprint density at radius 3 is 2.23 bits per heavy atom. The van der Waals surface area contributed by atoms with Gasteiger partial charge < -0.3 is 4.74 Å². The number of esters is 1. The van der Waals surface area contributed by atoms with E-state index in [-0.39, 0.29) is 5.78 Å². The Bertz CT molecular complexity index is 660. The van der Waals surface area contributed by atoms with Gasteiger partial charge in [-0.1, -0.05) is 64.5 Å². The van der Waals surface area contributed by atoms with Gasteiger partial charge in [0.2, 0.25) is 0 Å². The van der Waals surface area contributed by atoms with Gasteiger partial charge in [0.25, 0.3) is 0 Å². The second-order valence-electron chi connectivity index (χ2n) is 4.51. The van der Waals surface area contributed by atoms with Crippen molar-refractivity contribution in [2.75, 3.05) is 11.9 Å². The average molecular weight is 359 g/mol. The van der Waals surface area contributed by atoms with Gasteiger partial charge in [0.05, 0.1) is 5.56 Å². The lowest BCUT2D eigenvalue weighted by molar-refractivity contribution is 0.0531. The van der Waals surface area contributed by atoms with Crippen molar-refractivity contribution >= 4 is 33.8 Å². The first-order chi connectivity index (χ1) is 10.7. The van der Waals surface area contributed by atoms with Crippen molar-refractivity contribution in [1.29, 1.82) is 0 Å². The predicted octanol–water partition coefficient (Wildman–Crippen LogP) is 4.13. The number of alkyl halides is 1. The van der Waals surface area contributed by atoms with Crippen LogP contribution in [0, 0.1) is 0 Å². The SMILES string of the molecule is O=C(C=Cc1ccccc1)c1ccc(C(=O)OCCBr)cc1. The van der Waals surface area contributed by atoms with Crippen LogP contribution in [0.15, 0.2) is 60.7 Å². The molecule has 0 saturated carbocycles. The smallest absolute Gasteiger partial charge is 0.338 e. The molecule has 3 nitrogen and oxygen atoms in total. The molecule has 0 saturated heterocycles. The van der Waals surface area contributed by atoms with E-state index in [2.05, 4.69) is 15.9 Å². The summed E-state index contributed by atoms with van der Waals surface area (Å²) >= 11 is 3.19. The van der Waals surface area contributed by atoms with Crippen LogP contribution in [-0.2, 0) is 4.74 Å². The number of carbonyl (C=O) groups excluding carboxylic acids is 2. The first-order valence-electron chi connectivity index (χ1n) is 6.81. The number of hydrogen-bond acceptors (Lipinski definition) is 3. The first-order valence-corrected chi connectivity index (χ1v) is 7.93. The highest BCUT2D eigenvalue weighted by Gasteiger charge is 2.08. The lowest BCUT2D eigenvalue weighted by Gasteiger charge is -2.03. The van der Waals surface area contributed by atoms with E-state index in [1.807, 2.05) is 30.3 Å². The van der Waals surface area contributed by atoms with Crippen molar-refractivity contribution < 1.29 is 14.3 Å². The third kappa shape index (κ3) is 4.67. The monoisotopic (exact) mass is 358 g/mol. The molecule has 22 heavy (non-hydrogen) atoms. The van der Waals surface area contributed by atoms with Crippen LogP contribution in [0.3, 0.4) is 0 Å². The Balaban J connectivity index is 2.02. The zero-order valence-electron chi connectivity index (χ0n) is 11.9. The van der Waals surface area contributed by atoms with Crippen LogP contribution in [0.1, 0.15) is 26.3 Å². The van der Waals surface area contributed by atoms with Crippen molar-refractivity contribution in [2.24, 2.45) is 0 Å². The lowest BCUT2D eigenvalue weighted by atomic mass is 10.1.